The Morgan fingerprint density at radius 1 is 1.21 bits per heavy atom. The quantitative estimate of drug-likeness (QED) is 0.539. The maximum atomic E-state index is 12.7. The second-order valence-corrected chi connectivity index (χ2v) is 9.14. The maximum absolute atomic E-state index is 12.7. The van der Waals surface area contributed by atoms with Gasteiger partial charge >= 0.3 is 12.1 Å². The summed E-state index contributed by atoms with van der Waals surface area (Å²) < 4.78 is 19.6. The number of rotatable bonds is 5. The number of nitrogens with zero attached hydrogens (tertiary/aromatic N) is 6. The fraction of sp³-hybridized carbons (Fsp3) is 0.500. The molecule has 11 nitrogen and oxygen atoms in total. The third-order valence-corrected chi connectivity index (χ3v) is 5.40. The lowest BCUT2D eigenvalue weighted by atomic mass is 9.88. The number of methoxy groups -OCH3 is 1. The van der Waals surface area contributed by atoms with Crippen molar-refractivity contribution in [3.8, 4) is 17.1 Å². The number of fused-ring (bicyclic) bond motifs is 1. The van der Waals surface area contributed by atoms with E-state index in [1.165, 1.54) is 7.11 Å². The van der Waals surface area contributed by atoms with E-state index in [0.29, 0.717) is 29.9 Å². The van der Waals surface area contributed by atoms with Gasteiger partial charge in [-0.3, -0.25) is 4.68 Å². The van der Waals surface area contributed by atoms with Crippen LogP contribution in [0.25, 0.3) is 16.8 Å². The first-order valence-corrected chi connectivity index (χ1v) is 10.6. The van der Waals surface area contributed by atoms with Crippen molar-refractivity contribution in [3.63, 3.8) is 0 Å². The van der Waals surface area contributed by atoms with Gasteiger partial charge in [-0.2, -0.15) is 10.2 Å². The molecule has 3 aromatic rings. The van der Waals surface area contributed by atoms with Crippen LogP contribution in [0, 0.1) is 0 Å². The predicted octanol–water partition coefficient (Wildman–Crippen LogP) is 2.69. The van der Waals surface area contributed by atoms with Crippen LogP contribution in [0.2, 0.25) is 0 Å². The van der Waals surface area contributed by atoms with E-state index in [0.717, 1.165) is 5.56 Å². The molecule has 0 unspecified atom stereocenters. The largest absolute Gasteiger partial charge is 0.479 e. The number of amides is 1. The highest BCUT2D eigenvalue weighted by atomic mass is 16.6. The average Bonchev–Trinajstić information content (AvgIpc) is 3.33. The molecule has 11 heteroatoms. The van der Waals surface area contributed by atoms with E-state index in [9.17, 15) is 9.59 Å². The Hall–Kier alpha value is -3.63. The lowest BCUT2D eigenvalue weighted by Crippen LogP contribution is -2.50. The van der Waals surface area contributed by atoms with Gasteiger partial charge in [0.15, 0.2) is 5.69 Å². The highest BCUT2D eigenvalue weighted by molar-refractivity contribution is 5.89. The number of esters is 1. The molecule has 4 rings (SSSR count). The first-order chi connectivity index (χ1) is 15.5. The molecule has 1 saturated carbocycles. The van der Waals surface area contributed by atoms with Crippen molar-refractivity contribution in [2.45, 2.75) is 51.4 Å². The fourth-order valence-electron chi connectivity index (χ4n) is 3.55. The van der Waals surface area contributed by atoms with Gasteiger partial charge in [0.05, 0.1) is 25.2 Å². The standard InChI is InChI=1S/C22H28N6O5/c1-22(2,3)33-21(30)27(5)14-7-15(8-14)32-20(29)16-9-18-19(31-6)24-17(12-28(18)25-16)13-10-23-26(4)11-13/h9-12,14-15H,7-8H2,1-6H3. The van der Waals surface area contributed by atoms with Crippen LogP contribution in [0.3, 0.4) is 0 Å². The van der Waals surface area contributed by atoms with Crippen LogP contribution in [0.1, 0.15) is 44.1 Å². The number of ether oxygens (including phenoxy) is 3. The van der Waals surface area contributed by atoms with Crippen molar-refractivity contribution in [1.82, 2.24) is 29.3 Å². The molecule has 3 heterocycles. The predicted molar refractivity (Wildman–Crippen MR) is 118 cm³/mol. The van der Waals surface area contributed by atoms with Gasteiger partial charge < -0.3 is 19.1 Å². The molecule has 1 fully saturated rings. The molecular weight excluding hydrogens is 428 g/mol. The third kappa shape index (κ3) is 4.76. The summed E-state index contributed by atoms with van der Waals surface area (Å²) in [4.78, 5) is 30.9. The average molecular weight is 457 g/mol. The normalized spacial score (nSPS) is 18.0. The van der Waals surface area contributed by atoms with Crippen molar-refractivity contribution in [2.75, 3.05) is 14.2 Å². The summed E-state index contributed by atoms with van der Waals surface area (Å²) in [5.41, 5.74) is 1.56. The van der Waals surface area contributed by atoms with E-state index in [1.807, 2.05) is 34.0 Å². The van der Waals surface area contributed by atoms with Crippen LogP contribution >= 0.6 is 0 Å². The lowest BCUT2D eigenvalue weighted by Gasteiger charge is -2.40. The van der Waals surface area contributed by atoms with Gasteiger partial charge in [0.2, 0.25) is 5.88 Å². The van der Waals surface area contributed by atoms with Gasteiger partial charge in [0.1, 0.15) is 17.2 Å². The van der Waals surface area contributed by atoms with Gasteiger partial charge in [0, 0.05) is 50.8 Å². The number of aryl methyl sites for hydroxylation is 1. The summed E-state index contributed by atoms with van der Waals surface area (Å²) in [6, 6.07) is 1.55. The Balaban J connectivity index is 1.42. The van der Waals surface area contributed by atoms with Gasteiger partial charge in [-0.15, -0.1) is 0 Å². The Labute approximate surface area is 191 Å². The summed E-state index contributed by atoms with van der Waals surface area (Å²) in [5, 5.41) is 8.52. The topological polar surface area (TPSA) is 113 Å². The Bertz CT molecular complexity index is 1190. The second-order valence-electron chi connectivity index (χ2n) is 9.14. The summed E-state index contributed by atoms with van der Waals surface area (Å²) in [6.45, 7) is 5.47. The van der Waals surface area contributed by atoms with Crippen molar-refractivity contribution in [3.05, 3.63) is 30.4 Å². The SMILES string of the molecule is COc1nc(-c2cnn(C)c2)cn2nc(C(=O)OC3CC(N(C)C(=O)OC(C)(C)C)C3)cc12. The number of carbonyl (C=O) groups excluding carboxylic acids is 2. The van der Waals surface area contributed by atoms with E-state index >= 15 is 0 Å². The smallest absolute Gasteiger partial charge is 0.410 e. The van der Waals surface area contributed by atoms with E-state index in [2.05, 4.69) is 15.2 Å². The minimum atomic E-state index is -0.559. The highest BCUT2D eigenvalue weighted by Gasteiger charge is 2.38. The third-order valence-electron chi connectivity index (χ3n) is 5.40. The molecular formula is C22H28N6O5. The molecule has 0 radical (unpaired) electrons. The Kier molecular flexibility index (Phi) is 5.73. The van der Waals surface area contributed by atoms with E-state index in [-0.39, 0.29) is 23.9 Å². The molecule has 0 aromatic carbocycles. The van der Waals surface area contributed by atoms with Crippen LogP contribution in [0.15, 0.2) is 24.7 Å². The van der Waals surface area contributed by atoms with Gasteiger partial charge in [-0.1, -0.05) is 0 Å². The molecule has 0 atom stereocenters. The lowest BCUT2D eigenvalue weighted by molar-refractivity contribution is -0.0329. The zero-order chi connectivity index (χ0) is 23.9. The van der Waals surface area contributed by atoms with Gasteiger partial charge in [-0.25, -0.2) is 19.1 Å². The van der Waals surface area contributed by atoms with Crippen molar-refractivity contribution >= 4 is 17.6 Å². The summed E-state index contributed by atoms with van der Waals surface area (Å²) in [5.74, 6) is -0.197. The minimum absolute atomic E-state index is 0.0370. The molecule has 0 aliphatic heterocycles. The molecule has 0 N–H and O–H groups in total. The van der Waals surface area contributed by atoms with E-state index in [4.69, 9.17) is 14.2 Å². The van der Waals surface area contributed by atoms with Gasteiger partial charge in [0.25, 0.3) is 0 Å². The molecule has 3 aromatic heterocycles. The van der Waals surface area contributed by atoms with E-state index in [1.54, 1.807) is 39.6 Å². The van der Waals surface area contributed by atoms with E-state index < -0.39 is 11.6 Å². The number of hydrogen-bond acceptors (Lipinski definition) is 8. The van der Waals surface area contributed by atoms with Crippen molar-refractivity contribution in [1.29, 1.82) is 0 Å². The number of aromatic nitrogens is 5. The molecule has 0 spiro atoms. The number of carbonyl (C=O) groups is 2. The van der Waals surface area contributed by atoms with Crippen LogP contribution in [-0.2, 0) is 16.5 Å². The molecule has 1 amide bonds. The molecule has 1 aliphatic rings. The molecule has 33 heavy (non-hydrogen) atoms. The minimum Gasteiger partial charge on any atom is -0.479 e. The van der Waals surface area contributed by atoms with Crippen LogP contribution in [0.5, 0.6) is 5.88 Å². The monoisotopic (exact) mass is 456 g/mol. The molecule has 176 valence electrons. The van der Waals surface area contributed by atoms with Crippen LogP contribution < -0.4 is 4.74 Å². The van der Waals surface area contributed by atoms with Crippen molar-refractivity contribution < 1.29 is 23.8 Å². The first kappa shape index (κ1) is 22.6. The molecule has 0 bridgehead atoms. The number of hydrogen-bond donors (Lipinski definition) is 0. The molecule has 1 aliphatic carbocycles. The summed E-state index contributed by atoms with van der Waals surface area (Å²) in [6.07, 6.45) is 5.64. The summed E-state index contributed by atoms with van der Waals surface area (Å²) >= 11 is 0. The van der Waals surface area contributed by atoms with Crippen LogP contribution in [0.4, 0.5) is 4.79 Å². The zero-order valence-electron chi connectivity index (χ0n) is 19.6. The summed E-state index contributed by atoms with van der Waals surface area (Å²) in [7, 11) is 5.02. The van der Waals surface area contributed by atoms with Crippen molar-refractivity contribution in [2.24, 2.45) is 7.05 Å². The van der Waals surface area contributed by atoms with Crippen LogP contribution in [-0.4, -0.2) is 73.2 Å². The maximum Gasteiger partial charge on any atom is 0.410 e. The fourth-order valence-corrected chi connectivity index (χ4v) is 3.55. The zero-order valence-corrected chi connectivity index (χ0v) is 19.6. The Morgan fingerprint density at radius 2 is 1.94 bits per heavy atom. The first-order valence-electron chi connectivity index (χ1n) is 10.6. The van der Waals surface area contributed by atoms with Gasteiger partial charge in [-0.05, 0) is 20.8 Å². The Morgan fingerprint density at radius 3 is 2.55 bits per heavy atom. The highest BCUT2D eigenvalue weighted by Crippen LogP contribution is 2.30. The second kappa shape index (κ2) is 8.38. The molecule has 0 saturated heterocycles.